The quantitative estimate of drug-likeness (QED) is 0.649. The summed E-state index contributed by atoms with van der Waals surface area (Å²) in [5.74, 6) is -3.38. The first-order chi connectivity index (χ1) is 12.5. The zero-order valence-corrected chi connectivity index (χ0v) is 14.1. The molecule has 2 N–H and O–H groups in total. The molecule has 2 fully saturated rings. The molecule has 1 aliphatic heterocycles. The van der Waals surface area contributed by atoms with E-state index in [0.29, 0.717) is 6.54 Å². The minimum atomic E-state index is -2.63. The SMILES string of the molecule is O=C(NO)C1C(c2ccccc2)C1c1ccc(N2CCC(F)(F)C2)cc1. The van der Waals surface area contributed by atoms with E-state index in [2.05, 4.69) is 0 Å². The van der Waals surface area contributed by atoms with E-state index >= 15 is 0 Å². The fourth-order valence-electron chi connectivity index (χ4n) is 4.08. The van der Waals surface area contributed by atoms with E-state index in [-0.39, 0.29) is 30.7 Å². The summed E-state index contributed by atoms with van der Waals surface area (Å²) >= 11 is 0. The highest BCUT2D eigenvalue weighted by Crippen LogP contribution is 2.60. The Morgan fingerprint density at radius 3 is 2.19 bits per heavy atom. The number of hydroxylamine groups is 1. The molecule has 4 nitrogen and oxygen atoms in total. The van der Waals surface area contributed by atoms with Crippen molar-refractivity contribution in [2.24, 2.45) is 5.92 Å². The van der Waals surface area contributed by atoms with E-state index in [1.165, 1.54) is 0 Å². The third-order valence-corrected chi connectivity index (χ3v) is 5.43. The second kappa shape index (κ2) is 6.36. The Labute approximate surface area is 150 Å². The molecule has 2 aromatic rings. The maximum absolute atomic E-state index is 13.4. The lowest BCUT2D eigenvalue weighted by Crippen LogP contribution is -2.24. The van der Waals surface area contributed by atoms with Crippen LogP contribution in [0.2, 0.25) is 0 Å². The third-order valence-electron chi connectivity index (χ3n) is 5.43. The average Bonchev–Trinajstić information content (AvgIpc) is 3.31. The van der Waals surface area contributed by atoms with Crippen LogP contribution in [-0.2, 0) is 4.79 Å². The lowest BCUT2D eigenvalue weighted by atomic mass is 10.0. The lowest BCUT2D eigenvalue weighted by molar-refractivity contribution is -0.130. The highest BCUT2D eigenvalue weighted by molar-refractivity contribution is 5.84. The van der Waals surface area contributed by atoms with Gasteiger partial charge in [0.1, 0.15) is 0 Å². The van der Waals surface area contributed by atoms with Crippen molar-refractivity contribution in [1.82, 2.24) is 5.48 Å². The maximum Gasteiger partial charge on any atom is 0.266 e. The molecule has 6 heteroatoms. The maximum atomic E-state index is 13.4. The summed E-state index contributed by atoms with van der Waals surface area (Å²) in [4.78, 5) is 13.7. The number of alkyl halides is 2. The molecule has 2 aliphatic rings. The van der Waals surface area contributed by atoms with Crippen molar-refractivity contribution in [3.8, 4) is 0 Å². The van der Waals surface area contributed by atoms with Crippen molar-refractivity contribution >= 4 is 11.6 Å². The number of halogens is 2. The van der Waals surface area contributed by atoms with Crippen LogP contribution in [0.3, 0.4) is 0 Å². The van der Waals surface area contributed by atoms with E-state index in [1.54, 1.807) is 10.4 Å². The zero-order chi connectivity index (χ0) is 18.3. The zero-order valence-electron chi connectivity index (χ0n) is 14.1. The predicted molar refractivity (Wildman–Crippen MR) is 93.6 cm³/mol. The first kappa shape index (κ1) is 17.0. The molecular formula is C20H20F2N2O2. The highest BCUT2D eigenvalue weighted by Gasteiger charge is 2.56. The summed E-state index contributed by atoms with van der Waals surface area (Å²) < 4.78 is 26.8. The summed E-state index contributed by atoms with van der Waals surface area (Å²) in [6.45, 7) is 0.0932. The Morgan fingerprint density at radius 1 is 1.04 bits per heavy atom. The summed E-state index contributed by atoms with van der Waals surface area (Å²) in [5.41, 5.74) is 4.56. The van der Waals surface area contributed by atoms with Crippen molar-refractivity contribution in [2.45, 2.75) is 24.2 Å². The number of hydrogen-bond acceptors (Lipinski definition) is 3. The normalized spacial score (nSPS) is 26.6. The van der Waals surface area contributed by atoms with Gasteiger partial charge in [0.25, 0.3) is 5.92 Å². The molecule has 4 rings (SSSR count). The first-order valence-corrected chi connectivity index (χ1v) is 8.72. The van der Waals surface area contributed by atoms with Gasteiger partial charge < -0.3 is 4.90 Å². The average molecular weight is 358 g/mol. The van der Waals surface area contributed by atoms with Gasteiger partial charge in [-0.15, -0.1) is 0 Å². The number of anilines is 1. The first-order valence-electron chi connectivity index (χ1n) is 8.72. The van der Waals surface area contributed by atoms with Crippen LogP contribution < -0.4 is 10.4 Å². The number of nitrogens with zero attached hydrogens (tertiary/aromatic N) is 1. The van der Waals surface area contributed by atoms with Gasteiger partial charge >= 0.3 is 0 Å². The Hall–Kier alpha value is -2.47. The summed E-state index contributed by atoms with van der Waals surface area (Å²) in [5, 5.41) is 9.03. The molecule has 3 atom stereocenters. The number of carbonyl (C=O) groups excluding carboxylic acids is 1. The van der Waals surface area contributed by atoms with Crippen LogP contribution in [0.15, 0.2) is 54.6 Å². The van der Waals surface area contributed by atoms with Gasteiger partial charge in [-0.3, -0.25) is 10.0 Å². The minimum absolute atomic E-state index is 0.00493. The molecule has 136 valence electrons. The number of benzene rings is 2. The number of nitrogens with one attached hydrogen (secondary N) is 1. The van der Waals surface area contributed by atoms with Crippen LogP contribution in [0, 0.1) is 5.92 Å². The van der Waals surface area contributed by atoms with Crippen LogP contribution in [0.4, 0.5) is 14.5 Å². The Balaban J connectivity index is 1.55. The molecular weight excluding hydrogens is 338 g/mol. The molecule has 26 heavy (non-hydrogen) atoms. The smallest absolute Gasteiger partial charge is 0.266 e. The van der Waals surface area contributed by atoms with Crippen molar-refractivity contribution in [3.63, 3.8) is 0 Å². The molecule has 1 aliphatic carbocycles. The molecule has 2 aromatic carbocycles. The lowest BCUT2D eigenvalue weighted by Gasteiger charge is -2.18. The van der Waals surface area contributed by atoms with Crippen molar-refractivity contribution in [1.29, 1.82) is 0 Å². The van der Waals surface area contributed by atoms with Gasteiger partial charge in [-0.25, -0.2) is 14.3 Å². The van der Waals surface area contributed by atoms with Crippen LogP contribution in [-0.4, -0.2) is 30.1 Å². The second-order valence-electron chi connectivity index (χ2n) is 7.08. The van der Waals surface area contributed by atoms with Gasteiger partial charge in [-0.05, 0) is 23.3 Å². The van der Waals surface area contributed by atoms with Crippen molar-refractivity contribution in [3.05, 3.63) is 65.7 Å². The molecule has 0 radical (unpaired) electrons. The van der Waals surface area contributed by atoms with E-state index in [9.17, 15) is 13.6 Å². The number of hydrogen-bond donors (Lipinski definition) is 2. The molecule has 1 amide bonds. The fraction of sp³-hybridized carbons (Fsp3) is 0.350. The van der Waals surface area contributed by atoms with Crippen molar-refractivity contribution in [2.75, 3.05) is 18.0 Å². The molecule has 0 bridgehead atoms. The molecule has 1 heterocycles. The highest BCUT2D eigenvalue weighted by atomic mass is 19.3. The van der Waals surface area contributed by atoms with E-state index in [1.807, 2.05) is 54.6 Å². The van der Waals surface area contributed by atoms with E-state index in [0.717, 1.165) is 16.8 Å². The summed E-state index contributed by atoms with van der Waals surface area (Å²) in [7, 11) is 0. The van der Waals surface area contributed by atoms with E-state index in [4.69, 9.17) is 5.21 Å². The fourth-order valence-corrected chi connectivity index (χ4v) is 4.08. The molecule has 1 saturated carbocycles. The minimum Gasteiger partial charge on any atom is -0.365 e. The monoisotopic (exact) mass is 358 g/mol. The van der Waals surface area contributed by atoms with Crippen LogP contribution in [0.5, 0.6) is 0 Å². The van der Waals surface area contributed by atoms with Gasteiger partial charge in [0.15, 0.2) is 0 Å². The Morgan fingerprint density at radius 2 is 1.65 bits per heavy atom. The standard InChI is InChI=1S/C20H20F2N2O2/c21-20(22)10-11-24(12-20)15-8-6-14(7-9-15)17-16(18(17)19(25)23-26)13-4-2-1-3-5-13/h1-9,16-18,26H,10-12H2,(H,23,25). The third kappa shape index (κ3) is 3.05. The van der Waals surface area contributed by atoms with Gasteiger partial charge in [-0.1, -0.05) is 42.5 Å². The Bertz CT molecular complexity index is 795. The number of rotatable bonds is 4. The van der Waals surface area contributed by atoms with Gasteiger partial charge in [0.05, 0.1) is 12.5 Å². The van der Waals surface area contributed by atoms with Crippen LogP contribution >= 0.6 is 0 Å². The largest absolute Gasteiger partial charge is 0.365 e. The predicted octanol–water partition coefficient (Wildman–Crippen LogP) is 3.53. The number of carbonyl (C=O) groups is 1. The van der Waals surface area contributed by atoms with Gasteiger partial charge in [0.2, 0.25) is 5.91 Å². The molecule has 0 aromatic heterocycles. The molecule has 1 saturated heterocycles. The second-order valence-corrected chi connectivity index (χ2v) is 7.08. The van der Waals surface area contributed by atoms with Gasteiger partial charge in [-0.2, -0.15) is 0 Å². The molecule has 0 spiro atoms. The van der Waals surface area contributed by atoms with Crippen LogP contribution in [0.25, 0.3) is 0 Å². The van der Waals surface area contributed by atoms with Gasteiger partial charge in [0, 0.05) is 30.5 Å². The molecule has 3 unspecified atom stereocenters. The topological polar surface area (TPSA) is 52.6 Å². The van der Waals surface area contributed by atoms with Crippen molar-refractivity contribution < 1.29 is 18.8 Å². The summed E-state index contributed by atoms with van der Waals surface area (Å²) in [6.07, 6.45) is -0.119. The van der Waals surface area contributed by atoms with Crippen LogP contribution in [0.1, 0.15) is 29.4 Å². The summed E-state index contributed by atoms with van der Waals surface area (Å²) in [6, 6.07) is 17.2. The Kier molecular flexibility index (Phi) is 4.15. The van der Waals surface area contributed by atoms with E-state index < -0.39 is 11.8 Å². The number of amides is 1.